The molecule has 1 heterocycles. The summed E-state index contributed by atoms with van der Waals surface area (Å²) in [6.07, 6.45) is 0. The van der Waals surface area contributed by atoms with Gasteiger partial charge in [-0.25, -0.2) is 9.48 Å². The van der Waals surface area contributed by atoms with Crippen molar-refractivity contribution in [1.29, 1.82) is 0 Å². The molecule has 2 rings (SSSR count). The number of nitrogens with zero attached hydrogens (tertiary/aromatic N) is 5. The van der Waals surface area contributed by atoms with Crippen LogP contribution in [0.1, 0.15) is 18.8 Å². The fourth-order valence-electron chi connectivity index (χ4n) is 2.06. The first kappa shape index (κ1) is 15.7. The number of rotatable bonds is 6. The third-order valence-electron chi connectivity index (χ3n) is 3.32. The standard InChI is InChI=1S/C14H21N7O/c1-11(13-17-18-19-21(13)3)16-14(22)15-9-10-20(2)12-7-5-4-6-8-12/h4-8,11H,9-10H2,1-3H3,(H2,15,16,22). The molecule has 1 unspecified atom stereocenters. The number of benzene rings is 1. The first-order valence-corrected chi connectivity index (χ1v) is 7.10. The van der Waals surface area contributed by atoms with Gasteiger partial charge in [-0.2, -0.15) is 0 Å². The minimum atomic E-state index is -0.258. The van der Waals surface area contributed by atoms with E-state index in [0.29, 0.717) is 12.4 Å². The summed E-state index contributed by atoms with van der Waals surface area (Å²) < 4.78 is 1.54. The number of para-hydroxylation sites is 1. The Morgan fingerprint density at radius 2 is 2.09 bits per heavy atom. The predicted molar refractivity (Wildman–Crippen MR) is 83.5 cm³/mol. The van der Waals surface area contributed by atoms with Crippen molar-refractivity contribution in [2.75, 3.05) is 25.0 Å². The summed E-state index contributed by atoms with van der Waals surface area (Å²) in [5.41, 5.74) is 1.11. The molecule has 0 aliphatic heterocycles. The zero-order valence-corrected chi connectivity index (χ0v) is 13.0. The minimum absolute atomic E-state index is 0.239. The van der Waals surface area contributed by atoms with Gasteiger partial charge in [0.2, 0.25) is 0 Å². The molecule has 1 aromatic heterocycles. The van der Waals surface area contributed by atoms with Crippen molar-refractivity contribution < 1.29 is 4.79 Å². The Morgan fingerprint density at radius 3 is 2.73 bits per heavy atom. The van der Waals surface area contributed by atoms with Gasteiger partial charge in [0, 0.05) is 32.9 Å². The molecule has 1 atom stereocenters. The number of hydrogen-bond donors (Lipinski definition) is 2. The van der Waals surface area contributed by atoms with E-state index in [0.717, 1.165) is 12.2 Å². The van der Waals surface area contributed by atoms with Crippen LogP contribution in [0.5, 0.6) is 0 Å². The second kappa shape index (κ2) is 7.39. The normalized spacial score (nSPS) is 11.8. The molecule has 8 heteroatoms. The van der Waals surface area contributed by atoms with E-state index in [2.05, 4.69) is 31.1 Å². The molecule has 0 saturated heterocycles. The quantitative estimate of drug-likeness (QED) is 0.820. The fraction of sp³-hybridized carbons (Fsp3) is 0.429. The number of likely N-dealkylation sites (N-methyl/N-ethyl adjacent to an activating group) is 1. The van der Waals surface area contributed by atoms with Gasteiger partial charge in [-0.1, -0.05) is 18.2 Å². The summed E-state index contributed by atoms with van der Waals surface area (Å²) in [4.78, 5) is 13.9. The summed E-state index contributed by atoms with van der Waals surface area (Å²) >= 11 is 0. The molecular weight excluding hydrogens is 282 g/mol. The topological polar surface area (TPSA) is 88.0 Å². The van der Waals surface area contributed by atoms with Crippen molar-refractivity contribution >= 4 is 11.7 Å². The number of tetrazole rings is 1. The molecule has 118 valence electrons. The molecule has 0 fully saturated rings. The maximum atomic E-state index is 11.9. The molecule has 0 bridgehead atoms. The van der Waals surface area contributed by atoms with Gasteiger partial charge < -0.3 is 15.5 Å². The number of nitrogens with one attached hydrogen (secondary N) is 2. The number of hydrogen-bond acceptors (Lipinski definition) is 5. The van der Waals surface area contributed by atoms with E-state index in [1.807, 2.05) is 44.3 Å². The van der Waals surface area contributed by atoms with E-state index in [1.54, 1.807) is 7.05 Å². The van der Waals surface area contributed by atoms with Gasteiger partial charge in [-0.15, -0.1) is 5.10 Å². The molecule has 2 amide bonds. The molecule has 0 aliphatic carbocycles. The fourth-order valence-corrected chi connectivity index (χ4v) is 2.06. The molecular formula is C14H21N7O. The second-order valence-corrected chi connectivity index (χ2v) is 5.04. The maximum absolute atomic E-state index is 11.9. The summed E-state index contributed by atoms with van der Waals surface area (Å²) in [6.45, 7) is 3.10. The van der Waals surface area contributed by atoms with Crippen molar-refractivity contribution in [1.82, 2.24) is 30.8 Å². The lowest BCUT2D eigenvalue weighted by molar-refractivity contribution is 0.237. The zero-order valence-electron chi connectivity index (χ0n) is 13.0. The minimum Gasteiger partial charge on any atom is -0.373 e. The zero-order chi connectivity index (χ0) is 15.9. The van der Waals surface area contributed by atoms with Gasteiger partial charge in [0.25, 0.3) is 0 Å². The molecule has 0 aliphatic rings. The monoisotopic (exact) mass is 303 g/mol. The van der Waals surface area contributed by atoms with Crippen LogP contribution in [0.4, 0.5) is 10.5 Å². The first-order valence-electron chi connectivity index (χ1n) is 7.10. The summed E-state index contributed by atoms with van der Waals surface area (Å²) in [7, 11) is 3.73. The van der Waals surface area contributed by atoms with Gasteiger partial charge in [0.05, 0.1) is 6.04 Å². The highest BCUT2D eigenvalue weighted by Gasteiger charge is 2.14. The van der Waals surface area contributed by atoms with Crippen molar-refractivity contribution in [2.45, 2.75) is 13.0 Å². The smallest absolute Gasteiger partial charge is 0.315 e. The van der Waals surface area contributed by atoms with Crippen LogP contribution in [0.2, 0.25) is 0 Å². The summed E-state index contributed by atoms with van der Waals surface area (Å²) in [5.74, 6) is 0.608. The van der Waals surface area contributed by atoms with Crippen LogP contribution >= 0.6 is 0 Å². The predicted octanol–water partition coefficient (Wildman–Crippen LogP) is 0.707. The Morgan fingerprint density at radius 1 is 1.36 bits per heavy atom. The second-order valence-electron chi connectivity index (χ2n) is 5.04. The van der Waals surface area contributed by atoms with Crippen LogP contribution in [0, 0.1) is 0 Å². The van der Waals surface area contributed by atoms with Crippen LogP contribution in [-0.2, 0) is 7.05 Å². The summed E-state index contributed by atoms with van der Waals surface area (Å²) in [6, 6.07) is 9.52. The van der Waals surface area contributed by atoms with Crippen molar-refractivity contribution in [2.24, 2.45) is 7.05 Å². The van der Waals surface area contributed by atoms with Gasteiger partial charge in [-0.3, -0.25) is 0 Å². The molecule has 0 spiro atoms. The van der Waals surface area contributed by atoms with E-state index in [9.17, 15) is 4.79 Å². The van der Waals surface area contributed by atoms with E-state index >= 15 is 0 Å². The molecule has 8 nitrogen and oxygen atoms in total. The van der Waals surface area contributed by atoms with E-state index in [4.69, 9.17) is 0 Å². The number of anilines is 1. The van der Waals surface area contributed by atoms with Crippen LogP contribution in [0.25, 0.3) is 0 Å². The number of amides is 2. The van der Waals surface area contributed by atoms with Gasteiger partial charge >= 0.3 is 6.03 Å². The van der Waals surface area contributed by atoms with Crippen molar-refractivity contribution in [3.63, 3.8) is 0 Å². The number of aromatic nitrogens is 4. The van der Waals surface area contributed by atoms with Crippen LogP contribution in [0.15, 0.2) is 30.3 Å². The van der Waals surface area contributed by atoms with E-state index < -0.39 is 0 Å². The van der Waals surface area contributed by atoms with Crippen molar-refractivity contribution in [3.8, 4) is 0 Å². The third-order valence-corrected chi connectivity index (χ3v) is 3.32. The SMILES string of the molecule is CC(NC(=O)NCCN(C)c1ccccc1)c1nnnn1C. The van der Waals surface area contributed by atoms with Gasteiger partial charge in [0.15, 0.2) is 5.82 Å². The van der Waals surface area contributed by atoms with Crippen LogP contribution < -0.4 is 15.5 Å². The lowest BCUT2D eigenvalue weighted by atomic mass is 10.3. The number of aryl methyl sites for hydroxylation is 1. The maximum Gasteiger partial charge on any atom is 0.315 e. The van der Waals surface area contributed by atoms with Gasteiger partial charge in [0.1, 0.15) is 0 Å². The Balaban J connectivity index is 1.73. The third kappa shape index (κ3) is 4.18. The lowest BCUT2D eigenvalue weighted by Crippen LogP contribution is -2.41. The average molecular weight is 303 g/mol. The van der Waals surface area contributed by atoms with E-state index in [-0.39, 0.29) is 12.1 Å². The molecule has 1 aromatic carbocycles. The first-order chi connectivity index (χ1) is 10.6. The molecule has 0 radical (unpaired) electrons. The molecule has 2 N–H and O–H groups in total. The number of carbonyl (C=O) groups is 1. The average Bonchev–Trinajstić information content (AvgIpc) is 2.94. The number of urea groups is 1. The molecule has 22 heavy (non-hydrogen) atoms. The highest BCUT2D eigenvalue weighted by Crippen LogP contribution is 2.09. The largest absolute Gasteiger partial charge is 0.373 e. The Kier molecular flexibility index (Phi) is 5.29. The highest BCUT2D eigenvalue weighted by molar-refractivity contribution is 5.74. The number of carbonyl (C=O) groups excluding carboxylic acids is 1. The Hall–Kier alpha value is -2.64. The van der Waals surface area contributed by atoms with Crippen LogP contribution in [-0.4, -0.2) is 46.4 Å². The Labute approximate surface area is 129 Å². The van der Waals surface area contributed by atoms with Crippen molar-refractivity contribution in [3.05, 3.63) is 36.2 Å². The van der Waals surface area contributed by atoms with Gasteiger partial charge in [-0.05, 0) is 29.5 Å². The van der Waals surface area contributed by atoms with E-state index in [1.165, 1.54) is 4.68 Å². The lowest BCUT2D eigenvalue weighted by Gasteiger charge is -2.20. The Bertz CT molecular complexity index is 598. The molecule has 2 aromatic rings. The molecule has 0 saturated carbocycles. The highest BCUT2D eigenvalue weighted by atomic mass is 16.2. The summed E-state index contributed by atoms with van der Waals surface area (Å²) in [5, 5.41) is 16.8. The van der Waals surface area contributed by atoms with Crippen LogP contribution in [0.3, 0.4) is 0 Å².